The normalized spacial score (nSPS) is 11.1. The molecule has 1 N–H and O–H groups in total. The molecule has 0 amide bonds. The molecule has 0 aliphatic rings. The number of ketones is 1. The number of rotatable bonds is 4. The summed E-state index contributed by atoms with van der Waals surface area (Å²) in [6, 6.07) is 8.35. The summed E-state index contributed by atoms with van der Waals surface area (Å²) in [7, 11) is 0. The average molecular weight is 324 g/mol. The lowest BCUT2D eigenvalue weighted by Crippen LogP contribution is -2.07. The molecule has 0 bridgehead atoms. The number of Topliss-reactive ketones (excluding diaryl/α,β-unsaturated/α-hetero) is 1. The van der Waals surface area contributed by atoms with Crippen LogP contribution in [-0.2, 0) is 6.18 Å². The minimum atomic E-state index is -4.67. The Kier molecular flexibility index (Phi) is 4.35. The topological polar surface area (TPSA) is 72.2 Å². The van der Waals surface area contributed by atoms with Crippen molar-refractivity contribution in [2.75, 3.05) is 5.32 Å². The van der Waals surface area contributed by atoms with E-state index in [-0.39, 0.29) is 11.5 Å². The second-order valence-electron chi connectivity index (χ2n) is 4.75. The second kappa shape index (κ2) is 6.07. The molecule has 0 aromatic heterocycles. The molecule has 0 radical (unpaired) electrons. The highest BCUT2D eigenvalue weighted by atomic mass is 19.4. The van der Waals surface area contributed by atoms with Gasteiger partial charge in [0.05, 0.1) is 10.5 Å². The third-order valence-electron chi connectivity index (χ3n) is 3.07. The molecule has 0 aliphatic heterocycles. The first-order chi connectivity index (χ1) is 10.7. The Bertz CT molecular complexity index is 773. The molecular weight excluding hydrogens is 313 g/mol. The lowest BCUT2D eigenvalue weighted by atomic mass is 10.1. The van der Waals surface area contributed by atoms with Gasteiger partial charge in [-0.3, -0.25) is 14.9 Å². The molecule has 2 aromatic rings. The summed E-state index contributed by atoms with van der Waals surface area (Å²) in [5.74, 6) is -0.199. The first-order valence-corrected chi connectivity index (χ1v) is 6.42. The van der Waals surface area contributed by atoms with E-state index in [2.05, 4.69) is 5.32 Å². The van der Waals surface area contributed by atoms with Crippen molar-refractivity contribution >= 4 is 22.8 Å². The molecule has 0 aliphatic carbocycles. The van der Waals surface area contributed by atoms with Gasteiger partial charge in [-0.1, -0.05) is 12.1 Å². The summed E-state index contributed by atoms with van der Waals surface area (Å²) < 4.78 is 38.0. The van der Waals surface area contributed by atoms with E-state index >= 15 is 0 Å². The Balaban J connectivity index is 2.42. The number of hydrogen-bond acceptors (Lipinski definition) is 4. The zero-order valence-electron chi connectivity index (χ0n) is 11.8. The molecule has 0 unspecified atom stereocenters. The Morgan fingerprint density at radius 2 is 1.87 bits per heavy atom. The number of carbonyl (C=O) groups is 1. The summed E-state index contributed by atoms with van der Waals surface area (Å²) in [5, 5.41) is 13.7. The lowest BCUT2D eigenvalue weighted by Gasteiger charge is -2.11. The monoisotopic (exact) mass is 324 g/mol. The van der Waals surface area contributed by atoms with Crippen LogP contribution in [0.4, 0.5) is 30.2 Å². The van der Waals surface area contributed by atoms with Gasteiger partial charge in [-0.05, 0) is 31.2 Å². The predicted molar refractivity (Wildman–Crippen MR) is 77.8 cm³/mol. The van der Waals surface area contributed by atoms with Crippen molar-refractivity contribution in [3.8, 4) is 0 Å². The number of anilines is 2. The van der Waals surface area contributed by atoms with Gasteiger partial charge in [0.1, 0.15) is 5.69 Å². The molecule has 23 heavy (non-hydrogen) atoms. The van der Waals surface area contributed by atoms with E-state index < -0.39 is 22.4 Å². The van der Waals surface area contributed by atoms with E-state index in [0.717, 1.165) is 12.1 Å². The van der Waals surface area contributed by atoms with Crippen LogP contribution in [0.3, 0.4) is 0 Å². The van der Waals surface area contributed by atoms with Crippen molar-refractivity contribution in [1.82, 2.24) is 0 Å². The number of nitrogens with zero attached hydrogens (tertiary/aromatic N) is 1. The van der Waals surface area contributed by atoms with Crippen LogP contribution in [0.2, 0.25) is 0 Å². The fraction of sp³-hybridized carbons (Fsp3) is 0.133. The van der Waals surface area contributed by atoms with Gasteiger partial charge in [0.25, 0.3) is 5.69 Å². The molecule has 0 saturated carbocycles. The van der Waals surface area contributed by atoms with Crippen LogP contribution in [0.25, 0.3) is 0 Å². The number of carbonyl (C=O) groups excluding carboxylic acids is 1. The predicted octanol–water partition coefficient (Wildman–Crippen LogP) is 4.56. The molecule has 2 aromatic carbocycles. The Hall–Kier alpha value is -2.90. The fourth-order valence-corrected chi connectivity index (χ4v) is 1.94. The molecule has 0 atom stereocenters. The average Bonchev–Trinajstić information content (AvgIpc) is 2.46. The number of nitrogens with one attached hydrogen (secondary N) is 1. The summed E-state index contributed by atoms with van der Waals surface area (Å²) in [6.45, 7) is 1.36. The maximum atomic E-state index is 12.7. The van der Waals surface area contributed by atoms with Crippen LogP contribution in [0.5, 0.6) is 0 Å². The molecule has 0 fully saturated rings. The van der Waals surface area contributed by atoms with Gasteiger partial charge in [0.15, 0.2) is 5.78 Å². The smallest absolute Gasteiger partial charge is 0.350 e. The minimum Gasteiger partial charge on any atom is -0.350 e. The summed E-state index contributed by atoms with van der Waals surface area (Å²) in [4.78, 5) is 21.4. The number of halogens is 3. The van der Waals surface area contributed by atoms with Crippen molar-refractivity contribution < 1.29 is 22.9 Å². The molecular formula is C15H11F3N2O3. The van der Waals surface area contributed by atoms with Gasteiger partial charge in [0.2, 0.25) is 0 Å². The van der Waals surface area contributed by atoms with Crippen molar-refractivity contribution in [1.29, 1.82) is 0 Å². The van der Waals surface area contributed by atoms with E-state index in [1.807, 2.05) is 0 Å². The van der Waals surface area contributed by atoms with E-state index in [1.54, 1.807) is 18.2 Å². The Labute approximate surface area is 128 Å². The number of benzene rings is 2. The van der Waals surface area contributed by atoms with Crippen molar-refractivity contribution in [3.63, 3.8) is 0 Å². The van der Waals surface area contributed by atoms with Gasteiger partial charge >= 0.3 is 6.18 Å². The summed E-state index contributed by atoms with van der Waals surface area (Å²) >= 11 is 0. The van der Waals surface area contributed by atoms with Crippen LogP contribution in [0, 0.1) is 10.1 Å². The second-order valence-corrected chi connectivity index (χ2v) is 4.75. The van der Waals surface area contributed by atoms with Crippen LogP contribution >= 0.6 is 0 Å². The number of nitro groups is 1. The van der Waals surface area contributed by atoms with Gasteiger partial charge in [-0.2, -0.15) is 13.2 Å². The van der Waals surface area contributed by atoms with Gasteiger partial charge in [0, 0.05) is 17.3 Å². The molecule has 5 nitrogen and oxygen atoms in total. The molecule has 2 rings (SSSR count). The number of nitro benzene ring substituents is 1. The van der Waals surface area contributed by atoms with E-state index in [9.17, 15) is 28.1 Å². The zero-order valence-corrected chi connectivity index (χ0v) is 11.8. The first kappa shape index (κ1) is 16.5. The highest BCUT2D eigenvalue weighted by Crippen LogP contribution is 2.36. The summed E-state index contributed by atoms with van der Waals surface area (Å²) in [6.07, 6.45) is -4.67. The molecule has 8 heteroatoms. The molecule has 0 heterocycles. The number of alkyl halides is 3. The summed E-state index contributed by atoms with van der Waals surface area (Å²) in [5.41, 5.74) is -1.16. The molecule has 0 spiro atoms. The van der Waals surface area contributed by atoms with Crippen LogP contribution in [-0.4, -0.2) is 10.7 Å². The third kappa shape index (κ3) is 3.85. The lowest BCUT2D eigenvalue weighted by molar-refractivity contribution is -0.384. The van der Waals surface area contributed by atoms with Gasteiger partial charge < -0.3 is 5.32 Å². The Morgan fingerprint density at radius 1 is 1.17 bits per heavy atom. The Morgan fingerprint density at radius 3 is 2.43 bits per heavy atom. The van der Waals surface area contributed by atoms with Crippen molar-refractivity contribution in [3.05, 3.63) is 63.7 Å². The first-order valence-electron chi connectivity index (χ1n) is 6.42. The zero-order chi connectivity index (χ0) is 17.2. The maximum absolute atomic E-state index is 12.7. The molecule has 120 valence electrons. The maximum Gasteiger partial charge on any atom is 0.416 e. The third-order valence-corrected chi connectivity index (χ3v) is 3.07. The van der Waals surface area contributed by atoms with E-state index in [0.29, 0.717) is 17.3 Å². The SMILES string of the molecule is CC(=O)c1cccc(Nc2ccc(C(F)(F)F)cc2[N+](=O)[O-])c1. The van der Waals surface area contributed by atoms with Crippen molar-refractivity contribution in [2.45, 2.75) is 13.1 Å². The van der Waals surface area contributed by atoms with Gasteiger partial charge in [-0.25, -0.2) is 0 Å². The minimum absolute atomic E-state index is 0.0938. The van der Waals surface area contributed by atoms with E-state index in [4.69, 9.17) is 0 Å². The van der Waals surface area contributed by atoms with Crippen LogP contribution in [0.1, 0.15) is 22.8 Å². The fourth-order valence-electron chi connectivity index (χ4n) is 1.94. The standard InChI is InChI=1S/C15H11F3N2O3/c1-9(21)10-3-2-4-12(7-10)19-13-6-5-11(15(16,17)18)8-14(13)20(22)23/h2-8,19H,1H3. The highest BCUT2D eigenvalue weighted by Gasteiger charge is 2.33. The highest BCUT2D eigenvalue weighted by molar-refractivity contribution is 5.95. The largest absolute Gasteiger partial charge is 0.416 e. The van der Waals surface area contributed by atoms with Crippen LogP contribution < -0.4 is 5.32 Å². The molecule has 0 saturated heterocycles. The van der Waals surface area contributed by atoms with Crippen molar-refractivity contribution in [2.24, 2.45) is 0 Å². The van der Waals surface area contributed by atoms with Gasteiger partial charge in [-0.15, -0.1) is 0 Å². The van der Waals surface area contributed by atoms with Crippen LogP contribution in [0.15, 0.2) is 42.5 Å². The van der Waals surface area contributed by atoms with E-state index in [1.165, 1.54) is 13.0 Å². The quantitative estimate of drug-likeness (QED) is 0.508. The number of hydrogen-bond donors (Lipinski definition) is 1.